The smallest absolute Gasteiger partial charge is 0.124 e. The van der Waals surface area contributed by atoms with Gasteiger partial charge in [-0.05, 0) is 37.2 Å². The maximum Gasteiger partial charge on any atom is 0.124 e. The third-order valence-electron chi connectivity index (χ3n) is 2.98. The van der Waals surface area contributed by atoms with Crippen molar-refractivity contribution in [3.05, 3.63) is 52.4 Å². The topological polar surface area (TPSA) is 34.4 Å². The molecule has 2 rings (SSSR count). The van der Waals surface area contributed by atoms with Crippen LogP contribution >= 0.6 is 15.9 Å². The zero-order chi connectivity index (χ0) is 13.7. The molecule has 1 heterocycles. The van der Waals surface area contributed by atoms with E-state index in [0.29, 0.717) is 0 Å². The van der Waals surface area contributed by atoms with Gasteiger partial charge in [-0.3, -0.25) is 0 Å². The van der Waals surface area contributed by atoms with E-state index < -0.39 is 0 Å². The fourth-order valence-corrected chi connectivity index (χ4v) is 2.44. The lowest BCUT2D eigenvalue weighted by molar-refractivity contribution is 0.403. The van der Waals surface area contributed by atoms with Crippen LogP contribution in [0.4, 0.5) is 0 Å². The average molecular weight is 324 g/mol. The Hall–Kier alpha value is -1.26. The van der Waals surface area contributed by atoms with E-state index >= 15 is 0 Å². The van der Waals surface area contributed by atoms with E-state index in [4.69, 9.17) is 9.15 Å². The molecule has 0 radical (unpaired) electrons. The average Bonchev–Trinajstić information content (AvgIpc) is 2.93. The second-order valence-corrected chi connectivity index (χ2v) is 5.25. The summed E-state index contributed by atoms with van der Waals surface area (Å²) in [6.45, 7) is 3.09. The van der Waals surface area contributed by atoms with Crippen molar-refractivity contribution in [2.45, 2.75) is 19.4 Å². The summed E-state index contributed by atoms with van der Waals surface area (Å²) in [5.41, 5.74) is 2.21. The van der Waals surface area contributed by atoms with Gasteiger partial charge >= 0.3 is 0 Å². The Balaban J connectivity index is 2.39. The van der Waals surface area contributed by atoms with E-state index in [9.17, 15) is 0 Å². The van der Waals surface area contributed by atoms with E-state index in [-0.39, 0.29) is 6.04 Å². The van der Waals surface area contributed by atoms with Gasteiger partial charge in [0.15, 0.2) is 0 Å². The summed E-state index contributed by atoms with van der Waals surface area (Å²) in [7, 11) is 1.69. The number of rotatable bonds is 6. The van der Waals surface area contributed by atoms with Crippen molar-refractivity contribution in [1.82, 2.24) is 5.32 Å². The second kappa shape index (κ2) is 6.78. The Morgan fingerprint density at radius 3 is 2.84 bits per heavy atom. The fourth-order valence-electron chi connectivity index (χ4n) is 2.07. The molecule has 0 aliphatic heterocycles. The minimum atomic E-state index is 0.0751. The number of furan rings is 1. The SMILES string of the molecule is CCCNC(c1ccoc1)c1cc(Br)ccc1OC. The van der Waals surface area contributed by atoms with Crippen molar-refractivity contribution < 1.29 is 9.15 Å². The zero-order valence-corrected chi connectivity index (χ0v) is 12.7. The van der Waals surface area contributed by atoms with Gasteiger partial charge < -0.3 is 14.5 Å². The highest BCUT2D eigenvalue weighted by atomic mass is 79.9. The summed E-state index contributed by atoms with van der Waals surface area (Å²) >= 11 is 3.52. The first-order valence-corrected chi connectivity index (χ1v) is 7.14. The number of nitrogens with one attached hydrogen (secondary N) is 1. The van der Waals surface area contributed by atoms with Crippen LogP contribution in [0.5, 0.6) is 5.75 Å². The molecule has 0 saturated heterocycles. The summed E-state index contributed by atoms with van der Waals surface area (Å²) in [5.74, 6) is 0.873. The Bertz CT molecular complexity index is 511. The quantitative estimate of drug-likeness (QED) is 0.867. The monoisotopic (exact) mass is 323 g/mol. The van der Waals surface area contributed by atoms with E-state index in [2.05, 4.69) is 34.2 Å². The number of methoxy groups -OCH3 is 1. The van der Waals surface area contributed by atoms with E-state index in [1.807, 2.05) is 18.2 Å². The number of halogens is 1. The Labute approximate surface area is 122 Å². The third kappa shape index (κ3) is 3.39. The van der Waals surface area contributed by atoms with E-state index in [1.54, 1.807) is 19.6 Å². The molecule has 2 aromatic rings. The zero-order valence-electron chi connectivity index (χ0n) is 11.2. The molecule has 3 nitrogen and oxygen atoms in total. The van der Waals surface area contributed by atoms with Gasteiger partial charge in [0.2, 0.25) is 0 Å². The third-order valence-corrected chi connectivity index (χ3v) is 3.47. The highest BCUT2D eigenvalue weighted by molar-refractivity contribution is 9.10. The highest BCUT2D eigenvalue weighted by Gasteiger charge is 2.19. The van der Waals surface area contributed by atoms with Gasteiger partial charge in [0.1, 0.15) is 5.75 Å². The van der Waals surface area contributed by atoms with Crippen LogP contribution in [0.3, 0.4) is 0 Å². The summed E-state index contributed by atoms with van der Waals surface area (Å²) < 4.78 is 11.7. The Morgan fingerprint density at radius 2 is 2.21 bits per heavy atom. The molecule has 0 amide bonds. The summed E-state index contributed by atoms with van der Waals surface area (Å²) in [4.78, 5) is 0. The first-order chi connectivity index (χ1) is 9.26. The van der Waals surface area contributed by atoms with Gasteiger partial charge in [-0.25, -0.2) is 0 Å². The number of benzene rings is 1. The molecule has 1 N–H and O–H groups in total. The maximum atomic E-state index is 5.47. The number of hydrogen-bond acceptors (Lipinski definition) is 3. The molecule has 1 unspecified atom stereocenters. The number of ether oxygens (including phenoxy) is 1. The van der Waals surface area contributed by atoms with Gasteiger partial charge in [-0.15, -0.1) is 0 Å². The molecule has 0 saturated carbocycles. The van der Waals surface area contributed by atoms with Gasteiger partial charge in [-0.1, -0.05) is 22.9 Å². The van der Waals surface area contributed by atoms with Gasteiger partial charge in [-0.2, -0.15) is 0 Å². The molecule has 1 aromatic carbocycles. The predicted octanol–water partition coefficient (Wildman–Crippen LogP) is 4.14. The summed E-state index contributed by atoms with van der Waals surface area (Å²) in [5, 5.41) is 3.53. The van der Waals surface area contributed by atoms with Crippen molar-refractivity contribution in [3.8, 4) is 5.75 Å². The lowest BCUT2D eigenvalue weighted by atomic mass is 10.00. The molecular formula is C15H18BrNO2. The maximum absolute atomic E-state index is 5.47. The molecule has 1 aromatic heterocycles. The number of hydrogen-bond donors (Lipinski definition) is 1. The van der Waals surface area contributed by atoms with Crippen LogP contribution in [0.2, 0.25) is 0 Å². The predicted molar refractivity (Wildman–Crippen MR) is 79.5 cm³/mol. The molecule has 0 spiro atoms. The summed E-state index contributed by atoms with van der Waals surface area (Å²) in [6, 6.07) is 8.09. The molecule has 0 bridgehead atoms. The van der Waals surface area contributed by atoms with Gasteiger partial charge in [0.05, 0.1) is 25.7 Å². The molecule has 0 fully saturated rings. The molecule has 0 aliphatic rings. The Kier molecular flexibility index (Phi) is 5.05. The van der Waals surface area contributed by atoms with Gasteiger partial charge in [0, 0.05) is 15.6 Å². The van der Waals surface area contributed by atoms with Crippen LogP contribution in [-0.4, -0.2) is 13.7 Å². The standard InChI is InChI=1S/C15H18BrNO2/c1-3-7-17-15(11-6-8-19-10-11)13-9-12(16)4-5-14(13)18-2/h4-6,8-10,15,17H,3,7H2,1-2H3. The molecule has 0 aliphatic carbocycles. The first-order valence-electron chi connectivity index (χ1n) is 6.35. The molecule has 4 heteroatoms. The normalized spacial score (nSPS) is 12.4. The van der Waals surface area contributed by atoms with Crippen LogP contribution in [0.15, 0.2) is 45.7 Å². The van der Waals surface area contributed by atoms with Crippen LogP contribution < -0.4 is 10.1 Å². The first kappa shape index (κ1) is 14.2. The minimum absolute atomic E-state index is 0.0751. The minimum Gasteiger partial charge on any atom is -0.496 e. The largest absolute Gasteiger partial charge is 0.496 e. The lowest BCUT2D eigenvalue weighted by Gasteiger charge is -2.20. The Morgan fingerprint density at radius 1 is 1.37 bits per heavy atom. The van der Waals surface area contributed by atoms with Crippen LogP contribution in [0, 0.1) is 0 Å². The van der Waals surface area contributed by atoms with Crippen molar-refractivity contribution in [2.24, 2.45) is 0 Å². The highest BCUT2D eigenvalue weighted by Crippen LogP contribution is 2.32. The summed E-state index contributed by atoms with van der Waals surface area (Å²) in [6.07, 6.45) is 4.54. The molecule has 102 valence electrons. The van der Waals surface area contributed by atoms with Crippen molar-refractivity contribution in [1.29, 1.82) is 0 Å². The van der Waals surface area contributed by atoms with Gasteiger partial charge in [0.25, 0.3) is 0 Å². The van der Waals surface area contributed by atoms with E-state index in [1.165, 1.54) is 0 Å². The lowest BCUT2D eigenvalue weighted by Crippen LogP contribution is -2.23. The molecule has 19 heavy (non-hydrogen) atoms. The fraction of sp³-hybridized carbons (Fsp3) is 0.333. The molecule has 1 atom stereocenters. The molecular weight excluding hydrogens is 306 g/mol. The van der Waals surface area contributed by atoms with Crippen molar-refractivity contribution in [2.75, 3.05) is 13.7 Å². The second-order valence-electron chi connectivity index (χ2n) is 4.33. The van der Waals surface area contributed by atoms with Crippen molar-refractivity contribution >= 4 is 15.9 Å². The van der Waals surface area contributed by atoms with Crippen LogP contribution in [0.1, 0.15) is 30.5 Å². The van der Waals surface area contributed by atoms with Crippen molar-refractivity contribution in [3.63, 3.8) is 0 Å². The van der Waals surface area contributed by atoms with Crippen LogP contribution in [0.25, 0.3) is 0 Å². The van der Waals surface area contributed by atoms with E-state index in [0.717, 1.165) is 34.3 Å². The van der Waals surface area contributed by atoms with Crippen LogP contribution in [-0.2, 0) is 0 Å².